The molecule has 0 saturated carbocycles. The van der Waals surface area contributed by atoms with Crippen LogP contribution in [0.3, 0.4) is 0 Å². The maximum Gasteiger partial charge on any atom is 0.357 e. The lowest BCUT2D eigenvalue weighted by atomic mass is 10.2. The Morgan fingerprint density at radius 3 is 2.93 bits per heavy atom. The summed E-state index contributed by atoms with van der Waals surface area (Å²) in [6.45, 7) is 1.64. The van der Waals surface area contributed by atoms with E-state index in [2.05, 4.69) is 9.88 Å². The number of carbonyl (C=O) groups is 1. The summed E-state index contributed by atoms with van der Waals surface area (Å²) in [5.41, 5.74) is 0.377. The van der Waals surface area contributed by atoms with Gasteiger partial charge in [-0.3, -0.25) is 4.90 Å². The van der Waals surface area contributed by atoms with E-state index in [0.29, 0.717) is 5.69 Å². The predicted octanol–water partition coefficient (Wildman–Crippen LogP) is 0.552. The number of rotatable bonds is 2. The molecule has 0 aromatic carbocycles. The fraction of sp³-hybridized carbons (Fsp3) is 0.400. The van der Waals surface area contributed by atoms with Crippen LogP contribution >= 0.6 is 0 Å². The number of ether oxygens (including phenoxy) is 1. The average Bonchev–Trinajstić information content (AvgIpc) is 2.17. The molecule has 1 aromatic heterocycles. The first-order chi connectivity index (χ1) is 6.75. The molecule has 0 aliphatic carbocycles. The molecule has 0 bridgehead atoms. The molecule has 0 amide bonds. The van der Waals surface area contributed by atoms with Gasteiger partial charge >= 0.3 is 5.97 Å². The van der Waals surface area contributed by atoms with Crippen LogP contribution in [0.2, 0.25) is 0 Å². The molecule has 14 heavy (non-hydrogen) atoms. The van der Waals surface area contributed by atoms with E-state index < -0.39 is 0 Å². The van der Waals surface area contributed by atoms with Gasteiger partial charge in [0, 0.05) is 19.3 Å². The topological polar surface area (TPSA) is 42.4 Å². The van der Waals surface area contributed by atoms with Crippen molar-refractivity contribution in [1.29, 1.82) is 0 Å². The number of likely N-dealkylation sites (N-methyl/N-ethyl adjacent to an activating group) is 1. The van der Waals surface area contributed by atoms with Crippen molar-refractivity contribution < 1.29 is 9.53 Å². The third-order valence-corrected chi connectivity index (χ3v) is 2.18. The standard InChI is InChI=1S/C10H12N2O2/c1-12-6-8(7-12)14-10(13)9-4-2-3-5-11-9/h2-5,8H,6-7H2,1H3. The fourth-order valence-electron chi connectivity index (χ4n) is 1.41. The molecule has 1 aliphatic rings. The van der Waals surface area contributed by atoms with Crippen LogP contribution < -0.4 is 0 Å². The van der Waals surface area contributed by atoms with E-state index in [1.54, 1.807) is 24.4 Å². The van der Waals surface area contributed by atoms with Gasteiger partial charge < -0.3 is 4.74 Å². The molecule has 1 aliphatic heterocycles. The highest BCUT2D eigenvalue weighted by atomic mass is 16.5. The van der Waals surface area contributed by atoms with Gasteiger partial charge in [-0.1, -0.05) is 6.07 Å². The van der Waals surface area contributed by atoms with Gasteiger partial charge in [0.1, 0.15) is 11.8 Å². The molecule has 0 spiro atoms. The minimum Gasteiger partial charge on any atom is -0.455 e. The van der Waals surface area contributed by atoms with Crippen LogP contribution in [-0.4, -0.2) is 42.1 Å². The Bertz CT molecular complexity index is 320. The fourth-order valence-corrected chi connectivity index (χ4v) is 1.41. The number of likely N-dealkylation sites (tertiary alicyclic amines) is 1. The zero-order chi connectivity index (χ0) is 9.97. The van der Waals surface area contributed by atoms with E-state index in [1.807, 2.05) is 7.05 Å². The molecular weight excluding hydrogens is 180 g/mol. The molecular formula is C10H12N2O2. The van der Waals surface area contributed by atoms with Crippen LogP contribution in [0, 0.1) is 0 Å². The third kappa shape index (κ3) is 1.90. The van der Waals surface area contributed by atoms with Gasteiger partial charge in [-0.05, 0) is 19.2 Å². The summed E-state index contributed by atoms with van der Waals surface area (Å²) in [6, 6.07) is 5.20. The lowest BCUT2D eigenvalue weighted by Crippen LogP contribution is -2.50. The Morgan fingerprint density at radius 2 is 2.36 bits per heavy atom. The van der Waals surface area contributed by atoms with Gasteiger partial charge in [-0.2, -0.15) is 0 Å². The normalized spacial score (nSPS) is 17.5. The average molecular weight is 192 g/mol. The third-order valence-electron chi connectivity index (χ3n) is 2.18. The van der Waals surface area contributed by atoms with Crippen molar-refractivity contribution in [1.82, 2.24) is 9.88 Å². The predicted molar refractivity (Wildman–Crippen MR) is 50.9 cm³/mol. The SMILES string of the molecule is CN1CC(OC(=O)c2ccccn2)C1. The van der Waals surface area contributed by atoms with Crippen molar-refractivity contribution in [3.05, 3.63) is 30.1 Å². The van der Waals surface area contributed by atoms with E-state index in [-0.39, 0.29) is 12.1 Å². The Balaban J connectivity index is 1.90. The number of esters is 1. The van der Waals surface area contributed by atoms with Crippen molar-refractivity contribution in [3.8, 4) is 0 Å². The van der Waals surface area contributed by atoms with Gasteiger partial charge in [0.25, 0.3) is 0 Å². The highest BCUT2D eigenvalue weighted by Crippen LogP contribution is 2.10. The molecule has 2 rings (SSSR count). The number of hydrogen-bond donors (Lipinski definition) is 0. The highest BCUT2D eigenvalue weighted by Gasteiger charge is 2.27. The molecule has 74 valence electrons. The van der Waals surface area contributed by atoms with Crippen LogP contribution in [-0.2, 0) is 4.74 Å². The first kappa shape index (κ1) is 9.15. The summed E-state index contributed by atoms with van der Waals surface area (Å²) in [4.78, 5) is 17.5. The van der Waals surface area contributed by atoms with Gasteiger partial charge in [0.05, 0.1) is 0 Å². The summed E-state index contributed by atoms with van der Waals surface area (Å²) < 4.78 is 5.20. The Hall–Kier alpha value is -1.42. The highest BCUT2D eigenvalue weighted by molar-refractivity contribution is 5.87. The van der Waals surface area contributed by atoms with E-state index in [0.717, 1.165) is 13.1 Å². The van der Waals surface area contributed by atoms with E-state index in [9.17, 15) is 4.79 Å². The molecule has 0 atom stereocenters. The minimum atomic E-state index is -0.330. The van der Waals surface area contributed by atoms with E-state index >= 15 is 0 Å². The van der Waals surface area contributed by atoms with E-state index in [4.69, 9.17) is 4.74 Å². The summed E-state index contributed by atoms with van der Waals surface area (Å²) in [6.07, 6.45) is 1.62. The molecule has 1 saturated heterocycles. The minimum absolute atomic E-state index is 0.0366. The molecule has 2 heterocycles. The summed E-state index contributed by atoms with van der Waals surface area (Å²) >= 11 is 0. The quantitative estimate of drug-likeness (QED) is 0.642. The molecule has 0 unspecified atom stereocenters. The summed E-state index contributed by atoms with van der Waals surface area (Å²) in [5, 5.41) is 0. The van der Waals surface area contributed by atoms with Crippen molar-refractivity contribution in [2.24, 2.45) is 0 Å². The Labute approximate surface area is 82.5 Å². The number of carbonyl (C=O) groups excluding carboxylic acids is 1. The zero-order valence-corrected chi connectivity index (χ0v) is 8.01. The molecule has 0 radical (unpaired) electrons. The first-order valence-electron chi connectivity index (χ1n) is 4.56. The van der Waals surface area contributed by atoms with Crippen LogP contribution in [0.5, 0.6) is 0 Å². The number of pyridine rings is 1. The zero-order valence-electron chi connectivity index (χ0n) is 8.01. The maximum atomic E-state index is 11.5. The molecule has 1 fully saturated rings. The smallest absolute Gasteiger partial charge is 0.357 e. The lowest BCUT2D eigenvalue weighted by Gasteiger charge is -2.35. The number of nitrogens with zero attached hydrogens (tertiary/aromatic N) is 2. The monoisotopic (exact) mass is 192 g/mol. The van der Waals surface area contributed by atoms with Crippen molar-refractivity contribution in [3.63, 3.8) is 0 Å². The Morgan fingerprint density at radius 1 is 1.57 bits per heavy atom. The van der Waals surface area contributed by atoms with Crippen LogP contribution in [0.25, 0.3) is 0 Å². The molecule has 4 nitrogen and oxygen atoms in total. The molecule has 4 heteroatoms. The second-order valence-corrected chi connectivity index (χ2v) is 3.46. The van der Waals surface area contributed by atoms with Crippen LogP contribution in [0.15, 0.2) is 24.4 Å². The number of hydrogen-bond acceptors (Lipinski definition) is 4. The molecule has 0 N–H and O–H groups in total. The lowest BCUT2D eigenvalue weighted by molar-refractivity contribution is -0.0216. The number of aromatic nitrogens is 1. The van der Waals surface area contributed by atoms with Crippen LogP contribution in [0.4, 0.5) is 0 Å². The van der Waals surface area contributed by atoms with E-state index in [1.165, 1.54) is 0 Å². The largest absolute Gasteiger partial charge is 0.455 e. The van der Waals surface area contributed by atoms with Crippen molar-refractivity contribution in [2.45, 2.75) is 6.10 Å². The second-order valence-electron chi connectivity index (χ2n) is 3.46. The second kappa shape index (κ2) is 3.75. The van der Waals surface area contributed by atoms with Crippen molar-refractivity contribution >= 4 is 5.97 Å². The van der Waals surface area contributed by atoms with Crippen molar-refractivity contribution in [2.75, 3.05) is 20.1 Å². The van der Waals surface area contributed by atoms with Gasteiger partial charge in [-0.15, -0.1) is 0 Å². The maximum absolute atomic E-state index is 11.5. The summed E-state index contributed by atoms with van der Waals surface area (Å²) in [5.74, 6) is -0.330. The van der Waals surface area contributed by atoms with Gasteiger partial charge in [-0.25, -0.2) is 9.78 Å². The van der Waals surface area contributed by atoms with Gasteiger partial charge in [0.15, 0.2) is 0 Å². The van der Waals surface area contributed by atoms with Gasteiger partial charge in [0.2, 0.25) is 0 Å². The first-order valence-corrected chi connectivity index (χ1v) is 4.56. The summed E-state index contributed by atoms with van der Waals surface area (Å²) in [7, 11) is 1.99. The van der Waals surface area contributed by atoms with Crippen LogP contribution in [0.1, 0.15) is 10.5 Å². The molecule has 1 aromatic rings. The Kier molecular flexibility index (Phi) is 2.45.